The predicted molar refractivity (Wildman–Crippen MR) is 58.2 cm³/mol. The average molecular weight is 270 g/mol. The summed E-state index contributed by atoms with van der Waals surface area (Å²) < 4.78 is 57.5. The van der Waals surface area contributed by atoms with Crippen molar-refractivity contribution in [3.63, 3.8) is 0 Å². The van der Waals surface area contributed by atoms with Crippen LogP contribution in [0.2, 0.25) is 0 Å². The van der Waals surface area contributed by atoms with Crippen LogP contribution in [0.5, 0.6) is 11.5 Å². The van der Waals surface area contributed by atoms with E-state index in [1.165, 1.54) is 0 Å². The van der Waals surface area contributed by atoms with E-state index in [0.717, 1.165) is 24.3 Å². The van der Waals surface area contributed by atoms with Crippen LogP contribution in [0.1, 0.15) is 10.4 Å². The van der Waals surface area contributed by atoms with Crippen LogP contribution in [0.4, 0.5) is 17.6 Å². The van der Waals surface area contributed by atoms with Gasteiger partial charge in [-0.1, -0.05) is 0 Å². The smallest absolute Gasteiger partial charge is 0.198 e. The Bertz CT molecular complexity index is 597. The van der Waals surface area contributed by atoms with Gasteiger partial charge < -0.3 is 4.74 Å². The van der Waals surface area contributed by atoms with E-state index in [2.05, 4.69) is 0 Å². The summed E-state index contributed by atoms with van der Waals surface area (Å²) in [5, 5.41) is 0. The molecular formula is C13H6F4O2. The number of ether oxygens (including phenoxy) is 1. The third-order valence-electron chi connectivity index (χ3n) is 2.21. The van der Waals surface area contributed by atoms with Crippen molar-refractivity contribution in [3.05, 3.63) is 59.2 Å². The SMILES string of the molecule is O=Cc1cc(F)c(Oc2cc(F)cc(F)c2)c(F)c1. The standard InChI is InChI=1S/C13H6F4O2/c14-8-3-9(15)5-10(4-8)19-13-11(16)1-7(6-18)2-12(13)17/h1-6H. The Labute approximate surface area is 105 Å². The van der Waals surface area contributed by atoms with Gasteiger partial charge >= 0.3 is 0 Å². The second kappa shape index (κ2) is 5.09. The van der Waals surface area contributed by atoms with Crippen LogP contribution in [0.25, 0.3) is 0 Å². The minimum absolute atomic E-state index is 0.215. The van der Waals surface area contributed by atoms with Gasteiger partial charge in [0.15, 0.2) is 17.4 Å². The van der Waals surface area contributed by atoms with Crippen LogP contribution < -0.4 is 4.74 Å². The molecule has 0 N–H and O–H groups in total. The summed E-state index contributed by atoms with van der Waals surface area (Å²) in [7, 11) is 0. The average Bonchev–Trinajstić information content (AvgIpc) is 2.32. The summed E-state index contributed by atoms with van der Waals surface area (Å²) >= 11 is 0. The molecule has 0 saturated carbocycles. The first-order chi connectivity index (χ1) is 8.99. The molecule has 2 rings (SSSR count). The number of rotatable bonds is 3. The molecule has 0 aromatic heterocycles. The number of carbonyl (C=O) groups excluding carboxylic acids is 1. The molecule has 0 aliphatic carbocycles. The summed E-state index contributed by atoms with van der Waals surface area (Å²) in [5.74, 6) is -5.41. The van der Waals surface area contributed by atoms with Crippen molar-refractivity contribution >= 4 is 6.29 Å². The lowest BCUT2D eigenvalue weighted by Crippen LogP contribution is -1.96. The van der Waals surface area contributed by atoms with E-state index in [4.69, 9.17) is 4.74 Å². The van der Waals surface area contributed by atoms with Crippen molar-refractivity contribution in [3.8, 4) is 11.5 Å². The Hall–Kier alpha value is -2.37. The molecular weight excluding hydrogens is 264 g/mol. The summed E-state index contributed by atoms with van der Waals surface area (Å²) in [6.45, 7) is 0. The molecule has 98 valence electrons. The molecule has 0 atom stereocenters. The van der Waals surface area contributed by atoms with Crippen molar-refractivity contribution in [2.45, 2.75) is 0 Å². The summed E-state index contributed by atoms with van der Waals surface area (Å²) in [5.41, 5.74) is -0.215. The molecule has 0 aliphatic heterocycles. The molecule has 0 amide bonds. The van der Waals surface area contributed by atoms with Crippen molar-refractivity contribution < 1.29 is 27.1 Å². The van der Waals surface area contributed by atoms with Crippen molar-refractivity contribution in [1.29, 1.82) is 0 Å². The van der Waals surface area contributed by atoms with E-state index in [-0.39, 0.29) is 11.8 Å². The predicted octanol–water partition coefficient (Wildman–Crippen LogP) is 3.85. The van der Waals surface area contributed by atoms with E-state index in [1.54, 1.807) is 0 Å². The largest absolute Gasteiger partial charge is 0.451 e. The van der Waals surface area contributed by atoms with E-state index in [1.807, 2.05) is 0 Å². The monoisotopic (exact) mass is 270 g/mol. The van der Waals surface area contributed by atoms with Gasteiger partial charge in [-0.3, -0.25) is 4.79 Å². The summed E-state index contributed by atoms with van der Waals surface area (Å²) in [4.78, 5) is 10.4. The third-order valence-corrected chi connectivity index (χ3v) is 2.21. The fourth-order valence-electron chi connectivity index (χ4n) is 1.45. The molecule has 2 nitrogen and oxygen atoms in total. The van der Waals surface area contributed by atoms with E-state index in [0.29, 0.717) is 6.07 Å². The number of aldehydes is 1. The first-order valence-electron chi connectivity index (χ1n) is 5.08. The van der Waals surface area contributed by atoms with E-state index in [9.17, 15) is 22.4 Å². The van der Waals surface area contributed by atoms with Gasteiger partial charge in [0.2, 0.25) is 0 Å². The number of halogens is 4. The zero-order chi connectivity index (χ0) is 14.0. The Morgan fingerprint density at radius 2 is 1.37 bits per heavy atom. The molecule has 0 heterocycles. The van der Waals surface area contributed by atoms with Crippen molar-refractivity contribution in [2.24, 2.45) is 0 Å². The fraction of sp³-hybridized carbons (Fsp3) is 0. The second-order valence-electron chi connectivity index (χ2n) is 3.64. The minimum atomic E-state index is -1.15. The van der Waals surface area contributed by atoms with Gasteiger partial charge in [0.25, 0.3) is 0 Å². The Balaban J connectivity index is 2.40. The molecule has 0 radical (unpaired) electrons. The van der Waals surface area contributed by atoms with Gasteiger partial charge in [0.05, 0.1) is 0 Å². The highest BCUT2D eigenvalue weighted by Crippen LogP contribution is 2.29. The van der Waals surface area contributed by atoms with Gasteiger partial charge in [-0.05, 0) is 12.1 Å². The first-order valence-corrected chi connectivity index (χ1v) is 5.08. The van der Waals surface area contributed by atoms with Gasteiger partial charge in [-0.15, -0.1) is 0 Å². The number of carbonyl (C=O) groups is 1. The zero-order valence-corrected chi connectivity index (χ0v) is 9.29. The van der Waals surface area contributed by atoms with Crippen LogP contribution in [0.15, 0.2) is 30.3 Å². The van der Waals surface area contributed by atoms with Crippen LogP contribution in [-0.4, -0.2) is 6.29 Å². The molecule has 19 heavy (non-hydrogen) atoms. The highest BCUT2D eigenvalue weighted by molar-refractivity contribution is 5.75. The van der Waals surface area contributed by atoms with Crippen LogP contribution >= 0.6 is 0 Å². The Morgan fingerprint density at radius 3 is 1.84 bits per heavy atom. The second-order valence-corrected chi connectivity index (χ2v) is 3.64. The normalized spacial score (nSPS) is 10.3. The van der Waals surface area contributed by atoms with E-state index >= 15 is 0 Å². The van der Waals surface area contributed by atoms with Crippen LogP contribution in [-0.2, 0) is 0 Å². The van der Waals surface area contributed by atoms with E-state index < -0.39 is 34.8 Å². The Kier molecular flexibility index (Phi) is 3.50. The summed E-state index contributed by atoms with van der Waals surface area (Å²) in [6.07, 6.45) is 0.262. The maximum atomic E-state index is 13.5. The lowest BCUT2D eigenvalue weighted by Gasteiger charge is -2.08. The number of hydrogen-bond acceptors (Lipinski definition) is 2. The van der Waals surface area contributed by atoms with Crippen LogP contribution in [0, 0.1) is 23.3 Å². The third kappa shape index (κ3) is 2.90. The molecule has 2 aromatic rings. The maximum absolute atomic E-state index is 13.5. The Morgan fingerprint density at radius 1 is 0.842 bits per heavy atom. The molecule has 0 saturated heterocycles. The van der Waals surface area contributed by atoms with Gasteiger partial charge in [0.1, 0.15) is 23.7 Å². The number of benzene rings is 2. The minimum Gasteiger partial charge on any atom is -0.451 e. The van der Waals surface area contributed by atoms with Gasteiger partial charge in [0, 0.05) is 23.8 Å². The highest BCUT2D eigenvalue weighted by Gasteiger charge is 2.14. The molecule has 6 heteroatoms. The molecule has 0 aliphatic rings. The molecule has 2 aromatic carbocycles. The lowest BCUT2D eigenvalue weighted by atomic mass is 10.2. The van der Waals surface area contributed by atoms with Gasteiger partial charge in [-0.25, -0.2) is 17.6 Å². The van der Waals surface area contributed by atoms with Gasteiger partial charge in [-0.2, -0.15) is 0 Å². The van der Waals surface area contributed by atoms with Crippen molar-refractivity contribution in [1.82, 2.24) is 0 Å². The molecule has 0 bridgehead atoms. The summed E-state index contributed by atoms with van der Waals surface area (Å²) in [6, 6.07) is 3.64. The van der Waals surface area contributed by atoms with Crippen LogP contribution in [0.3, 0.4) is 0 Å². The number of hydrogen-bond donors (Lipinski definition) is 0. The fourth-order valence-corrected chi connectivity index (χ4v) is 1.45. The first kappa shape index (κ1) is 13.1. The molecule has 0 fully saturated rings. The molecule has 0 spiro atoms. The topological polar surface area (TPSA) is 26.3 Å². The van der Waals surface area contributed by atoms with Crippen molar-refractivity contribution in [2.75, 3.05) is 0 Å². The molecule has 0 unspecified atom stereocenters. The quantitative estimate of drug-likeness (QED) is 0.625. The maximum Gasteiger partial charge on any atom is 0.198 e. The lowest BCUT2D eigenvalue weighted by molar-refractivity contribution is 0.112. The highest BCUT2D eigenvalue weighted by atomic mass is 19.1. The zero-order valence-electron chi connectivity index (χ0n) is 9.29.